The van der Waals surface area contributed by atoms with Crippen molar-refractivity contribution in [1.82, 2.24) is 4.98 Å². The average Bonchev–Trinajstić information content (AvgIpc) is 2.65. The molecule has 0 bridgehead atoms. The zero-order valence-electron chi connectivity index (χ0n) is 7.22. The van der Waals surface area contributed by atoms with E-state index in [1.807, 2.05) is 30.3 Å². The van der Waals surface area contributed by atoms with E-state index in [1.54, 1.807) is 5.51 Å². The first kappa shape index (κ1) is 9.83. The van der Waals surface area contributed by atoms with Crippen LogP contribution in [0, 0.1) is 0 Å². The molecule has 4 heteroatoms. The van der Waals surface area contributed by atoms with Crippen LogP contribution in [0.15, 0.2) is 40.4 Å². The minimum Gasteiger partial charge on any atom is -0.383 e. The van der Waals surface area contributed by atoms with Gasteiger partial charge in [0.1, 0.15) is 10.7 Å². The van der Waals surface area contributed by atoms with E-state index in [0.717, 1.165) is 15.0 Å². The van der Waals surface area contributed by atoms with Crippen LogP contribution in [0.5, 0.6) is 0 Å². The molecule has 14 heavy (non-hydrogen) atoms. The van der Waals surface area contributed by atoms with Crippen LogP contribution in [0.3, 0.4) is 0 Å². The van der Waals surface area contributed by atoms with Crippen molar-refractivity contribution in [2.75, 3.05) is 0 Å². The highest BCUT2D eigenvalue weighted by Gasteiger charge is 2.15. The molecule has 1 aromatic heterocycles. The monoisotopic (exact) mass is 269 g/mol. The fraction of sp³-hybridized carbons (Fsp3) is 0.100. The summed E-state index contributed by atoms with van der Waals surface area (Å²) < 4.78 is 0.721. The summed E-state index contributed by atoms with van der Waals surface area (Å²) in [7, 11) is 0. The highest BCUT2D eigenvalue weighted by atomic mass is 79.9. The number of halogens is 1. The fourth-order valence-corrected chi connectivity index (χ4v) is 2.63. The number of thiazole rings is 1. The van der Waals surface area contributed by atoms with Crippen molar-refractivity contribution < 1.29 is 5.11 Å². The van der Waals surface area contributed by atoms with Gasteiger partial charge in [0.15, 0.2) is 0 Å². The van der Waals surface area contributed by atoms with Crippen LogP contribution in [-0.4, -0.2) is 10.1 Å². The lowest BCUT2D eigenvalue weighted by Gasteiger charge is -2.08. The SMILES string of the molecule is OC(c1ccccc1)c1scnc1Br. The fourth-order valence-electron chi connectivity index (χ4n) is 1.21. The molecule has 1 atom stereocenters. The molecule has 0 fully saturated rings. The third-order valence-corrected chi connectivity index (χ3v) is 3.69. The molecule has 0 aliphatic rings. The zero-order chi connectivity index (χ0) is 9.97. The third kappa shape index (κ3) is 1.87. The maximum atomic E-state index is 10.0. The van der Waals surface area contributed by atoms with Gasteiger partial charge in [0.25, 0.3) is 0 Å². The molecule has 0 aliphatic heterocycles. The lowest BCUT2D eigenvalue weighted by atomic mass is 10.1. The average molecular weight is 270 g/mol. The summed E-state index contributed by atoms with van der Waals surface area (Å²) in [6.07, 6.45) is -0.585. The number of rotatable bonds is 2. The normalized spacial score (nSPS) is 12.7. The molecular weight excluding hydrogens is 262 g/mol. The Balaban J connectivity index is 2.34. The summed E-state index contributed by atoms with van der Waals surface area (Å²) in [5, 5.41) is 10.0. The van der Waals surface area contributed by atoms with Gasteiger partial charge >= 0.3 is 0 Å². The topological polar surface area (TPSA) is 33.1 Å². The first-order valence-electron chi connectivity index (χ1n) is 4.11. The maximum absolute atomic E-state index is 10.0. The molecule has 0 spiro atoms. The molecule has 1 heterocycles. The molecule has 0 amide bonds. The lowest BCUT2D eigenvalue weighted by molar-refractivity contribution is 0.223. The van der Waals surface area contributed by atoms with Crippen LogP contribution in [0.4, 0.5) is 0 Å². The van der Waals surface area contributed by atoms with Crippen molar-refractivity contribution in [2.24, 2.45) is 0 Å². The lowest BCUT2D eigenvalue weighted by Crippen LogP contribution is -1.97. The number of aliphatic hydroxyl groups is 1. The molecule has 0 radical (unpaired) electrons. The van der Waals surface area contributed by atoms with Crippen molar-refractivity contribution in [3.8, 4) is 0 Å². The van der Waals surface area contributed by atoms with Gasteiger partial charge in [-0.25, -0.2) is 4.98 Å². The Bertz CT molecular complexity index is 415. The quantitative estimate of drug-likeness (QED) is 0.910. The second kappa shape index (κ2) is 4.21. The van der Waals surface area contributed by atoms with Gasteiger partial charge in [0, 0.05) is 0 Å². The Hall–Kier alpha value is -0.710. The molecule has 1 aromatic carbocycles. The van der Waals surface area contributed by atoms with Gasteiger partial charge in [-0.2, -0.15) is 0 Å². The highest BCUT2D eigenvalue weighted by Crippen LogP contribution is 2.30. The largest absolute Gasteiger partial charge is 0.383 e. The van der Waals surface area contributed by atoms with Gasteiger partial charge < -0.3 is 5.11 Å². The van der Waals surface area contributed by atoms with Crippen molar-refractivity contribution in [2.45, 2.75) is 6.10 Å². The van der Waals surface area contributed by atoms with Crippen molar-refractivity contribution in [1.29, 1.82) is 0 Å². The minimum atomic E-state index is -0.585. The van der Waals surface area contributed by atoms with Gasteiger partial charge in [-0.3, -0.25) is 0 Å². The molecule has 1 N–H and O–H groups in total. The van der Waals surface area contributed by atoms with E-state index in [9.17, 15) is 5.11 Å². The highest BCUT2D eigenvalue weighted by molar-refractivity contribution is 9.10. The Kier molecular flexibility index (Phi) is 2.96. The molecule has 0 aliphatic carbocycles. The minimum absolute atomic E-state index is 0.585. The standard InChI is InChI=1S/C10H8BrNOS/c11-10-9(14-6-12-10)8(13)7-4-2-1-3-5-7/h1-6,8,13H. The van der Waals surface area contributed by atoms with E-state index in [4.69, 9.17) is 0 Å². The van der Waals surface area contributed by atoms with Gasteiger partial charge in [0.05, 0.1) is 10.4 Å². The maximum Gasteiger partial charge on any atom is 0.123 e. The van der Waals surface area contributed by atoms with E-state index in [2.05, 4.69) is 20.9 Å². The van der Waals surface area contributed by atoms with Crippen molar-refractivity contribution in [3.63, 3.8) is 0 Å². The van der Waals surface area contributed by atoms with Gasteiger partial charge in [-0.1, -0.05) is 30.3 Å². The van der Waals surface area contributed by atoms with Crippen molar-refractivity contribution in [3.05, 3.63) is 50.9 Å². The van der Waals surface area contributed by atoms with Crippen LogP contribution < -0.4 is 0 Å². The molecule has 0 saturated heterocycles. The first-order chi connectivity index (χ1) is 6.79. The smallest absolute Gasteiger partial charge is 0.123 e. The molecule has 2 rings (SSSR count). The van der Waals surface area contributed by atoms with Crippen molar-refractivity contribution >= 4 is 27.3 Å². The summed E-state index contributed by atoms with van der Waals surface area (Å²) in [5.41, 5.74) is 2.60. The Morgan fingerprint density at radius 1 is 1.29 bits per heavy atom. The molecule has 0 saturated carbocycles. The number of hydrogen-bond donors (Lipinski definition) is 1. The number of nitrogens with zero attached hydrogens (tertiary/aromatic N) is 1. The molecule has 1 unspecified atom stereocenters. The summed E-state index contributed by atoms with van der Waals surface area (Å²) in [4.78, 5) is 4.88. The second-order valence-electron chi connectivity index (χ2n) is 2.82. The van der Waals surface area contributed by atoms with Gasteiger partial charge in [-0.15, -0.1) is 11.3 Å². The Labute approximate surface area is 94.4 Å². The summed E-state index contributed by atoms with van der Waals surface area (Å²) in [5.74, 6) is 0. The van der Waals surface area contributed by atoms with E-state index < -0.39 is 6.10 Å². The van der Waals surface area contributed by atoms with E-state index in [0.29, 0.717) is 0 Å². The van der Waals surface area contributed by atoms with Crippen LogP contribution >= 0.6 is 27.3 Å². The van der Waals surface area contributed by atoms with Gasteiger partial charge in [0.2, 0.25) is 0 Å². The van der Waals surface area contributed by atoms with Crippen LogP contribution in [0.25, 0.3) is 0 Å². The summed E-state index contributed by atoms with van der Waals surface area (Å²) in [6.45, 7) is 0. The number of hydrogen-bond acceptors (Lipinski definition) is 3. The number of aromatic nitrogens is 1. The second-order valence-corrected chi connectivity index (χ2v) is 4.46. The molecule has 2 aromatic rings. The van der Waals surface area contributed by atoms with Crippen LogP contribution in [0.1, 0.15) is 16.5 Å². The zero-order valence-corrected chi connectivity index (χ0v) is 9.62. The third-order valence-electron chi connectivity index (χ3n) is 1.91. The van der Waals surface area contributed by atoms with Crippen LogP contribution in [0.2, 0.25) is 0 Å². The molecule has 2 nitrogen and oxygen atoms in total. The summed E-state index contributed by atoms with van der Waals surface area (Å²) >= 11 is 4.75. The predicted octanol–water partition coefficient (Wildman–Crippen LogP) is 2.99. The Morgan fingerprint density at radius 3 is 2.57 bits per heavy atom. The van der Waals surface area contributed by atoms with E-state index in [1.165, 1.54) is 11.3 Å². The summed E-state index contributed by atoms with van der Waals surface area (Å²) in [6, 6.07) is 9.55. The van der Waals surface area contributed by atoms with Gasteiger partial charge in [-0.05, 0) is 21.5 Å². The van der Waals surface area contributed by atoms with E-state index in [-0.39, 0.29) is 0 Å². The van der Waals surface area contributed by atoms with E-state index >= 15 is 0 Å². The molecular formula is C10H8BrNOS. The molecule has 72 valence electrons. The van der Waals surface area contributed by atoms with Crippen LogP contribution in [-0.2, 0) is 0 Å². The Morgan fingerprint density at radius 2 is 2.00 bits per heavy atom. The first-order valence-corrected chi connectivity index (χ1v) is 5.78. The number of aliphatic hydroxyl groups excluding tert-OH is 1. The number of benzene rings is 1. The predicted molar refractivity (Wildman–Crippen MR) is 60.3 cm³/mol.